The van der Waals surface area contributed by atoms with Crippen LogP contribution < -0.4 is 10.1 Å². The molecule has 7 nitrogen and oxygen atoms in total. The summed E-state index contributed by atoms with van der Waals surface area (Å²) < 4.78 is 10.7. The zero-order valence-corrected chi connectivity index (χ0v) is 19.6. The van der Waals surface area contributed by atoms with Crippen LogP contribution in [0.25, 0.3) is 11.4 Å². The highest BCUT2D eigenvalue weighted by Crippen LogP contribution is 2.24. The van der Waals surface area contributed by atoms with Crippen molar-refractivity contribution in [3.63, 3.8) is 0 Å². The molecule has 7 heteroatoms. The van der Waals surface area contributed by atoms with Gasteiger partial charge in [0.25, 0.3) is 0 Å². The summed E-state index contributed by atoms with van der Waals surface area (Å²) in [5.41, 5.74) is 3.25. The van der Waals surface area contributed by atoms with Gasteiger partial charge in [0.15, 0.2) is 0 Å². The van der Waals surface area contributed by atoms with Crippen molar-refractivity contribution in [3.8, 4) is 17.1 Å². The number of carbonyl (C=O) groups is 1. The van der Waals surface area contributed by atoms with Crippen molar-refractivity contribution < 1.29 is 14.1 Å². The molecule has 1 fully saturated rings. The molecule has 2 atom stereocenters. The number of hydrogen-bond donors (Lipinski definition) is 1. The first kappa shape index (κ1) is 23.0. The molecular weight excluding hydrogens is 416 g/mol. The Hall–Kier alpha value is -3.19. The maximum absolute atomic E-state index is 13.0. The van der Waals surface area contributed by atoms with Crippen LogP contribution in [-0.4, -0.2) is 41.1 Å². The van der Waals surface area contributed by atoms with Crippen LogP contribution in [0.15, 0.2) is 53.1 Å². The number of aryl methyl sites for hydroxylation is 1. The van der Waals surface area contributed by atoms with E-state index in [9.17, 15) is 4.79 Å². The summed E-state index contributed by atoms with van der Waals surface area (Å²) in [6.07, 6.45) is 2.73. The van der Waals surface area contributed by atoms with Crippen molar-refractivity contribution in [1.29, 1.82) is 0 Å². The zero-order chi connectivity index (χ0) is 23.2. The monoisotopic (exact) mass is 448 g/mol. The van der Waals surface area contributed by atoms with E-state index in [1.54, 1.807) is 7.11 Å². The van der Waals surface area contributed by atoms with Gasteiger partial charge >= 0.3 is 0 Å². The Morgan fingerprint density at radius 3 is 2.67 bits per heavy atom. The maximum atomic E-state index is 13.0. The number of likely N-dealkylation sites (tertiary alicyclic amines) is 1. The quantitative estimate of drug-likeness (QED) is 0.545. The minimum Gasteiger partial charge on any atom is -0.497 e. The minimum absolute atomic E-state index is 0.0384. The van der Waals surface area contributed by atoms with Gasteiger partial charge in [-0.25, -0.2) is 0 Å². The molecule has 0 spiro atoms. The summed E-state index contributed by atoms with van der Waals surface area (Å²) in [5, 5.41) is 7.38. The Morgan fingerprint density at radius 2 is 1.97 bits per heavy atom. The SMILES string of the molecule is CCC(NC(=O)C1CCCN(Cc2nc(-c3ccc(OC)cc3)no2)C1)c1ccc(C)cc1. The van der Waals surface area contributed by atoms with E-state index in [-0.39, 0.29) is 17.9 Å². The van der Waals surface area contributed by atoms with Gasteiger partial charge in [0, 0.05) is 12.1 Å². The number of aromatic nitrogens is 2. The van der Waals surface area contributed by atoms with Gasteiger partial charge < -0.3 is 14.6 Å². The summed E-state index contributed by atoms with van der Waals surface area (Å²) in [7, 11) is 1.64. The van der Waals surface area contributed by atoms with Crippen LogP contribution in [0, 0.1) is 12.8 Å². The Balaban J connectivity index is 1.34. The average Bonchev–Trinajstić information content (AvgIpc) is 3.31. The Morgan fingerprint density at radius 1 is 1.21 bits per heavy atom. The molecule has 0 saturated carbocycles. The number of hydrogen-bond acceptors (Lipinski definition) is 6. The van der Waals surface area contributed by atoms with Gasteiger partial charge in [-0.05, 0) is 62.6 Å². The van der Waals surface area contributed by atoms with E-state index in [0.717, 1.165) is 42.7 Å². The smallest absolute Gasteiger partial charge is 0.241 e. The average molecular weight is 449 g/mol. The van der Waals surface area contributed by atoms with Gasteiger partial charge in [-0.3, -0.25) is 9.69 Å². The lowest BCUT2D eigenvalue weighted by Crippen LogP contribution is -2.43. The van der Waals surface area contributed by atoms with Crippen LogP contribution >= 0.6 is 0 Å². The lowest BCUT2D eigenvalue weighted by atomic mass is 9.95. The maximum Gasteiger partial charge on any atom is 0.241 e. The van der Waals surface area contributed by atoms with Gasteiger partial charge in [-0.15, -0.1) is 0 Å². The fourth-order valence-corrected chi connectivity index (χ4v) is 4.29. The highest BCUT2D eigenvalue weighted by molar-refractivity contribution is 5.79. The van der Waals surface area contributed by atoms with Crippen LogP contribution in [0.4, 0.5) is 0 Å². The summed E-state index contributed by atoms with van der Waals surface area (Å²) >= 11 is 0. The number of benzene rings is 2. The number of nitrogens with one attached hydrogen (secondary N) is 1. The zero-order valence-electron chi connectivity index (χ0n) is 19.6. The molecule has 1 N–H and O–H groups in total. The molecule has 0 bridgehead atoms. The second-order valence-corrected chi connectivity index (χ2v) is 8.69. The molecule has 2 unspecified atom stereocenters. The molecule has 1 aliphatic heterocycles. The Labute approximate surface area is 195 Å². The number of ether oxygens (including phenoxy) is 1. The van der Waals surface area contributed by atoms with E-state index in [1.807, 2.05) is 24.3 Å². The second-order valence-electron chi connectivity index (χ2n) is 8.69. The van der Waals surface area contributed by atoms with Crippen LogP contribution in [0.2, 0.25) is 0 Å². The Bertz CT molecular complexity index is 1050. The first-order valence-electron chi connectivity index (χ1n) is 11.6. The molecule has 0 radical (unpaired) electrons. The van der Waals surface area contributed by atoms with Gasteiger partial charge in [0.2, 0.25) is 17.6 Å². The third kappa shape index (κ3) is 5.79. The van der Waals surface area contributed by atoms with Gasteiger partial charge in [0.1, 0.15) is 5.75 Å². The number of rotatable bonds is 8. The number of nitrogens with zero attached hydrogens (tertiary/aromatic N) is 3. The molecule has 4 rings (SSSR count). The molecule has 33 heavy (non-hydrogen) atoms. The third-order valence-electron chi connectivity index (χ3n) is 6.26. The van der Waals surface area contributed by atoms with Crippen LogP contribution in [0.1, 0.15) is 49.2 Å². The van der Waals surface area contributed by atoms with Gasteiger partial charge in [0.05, 0.1) is 25.6 Å². The standard InChI is InChI=1S/C26H32N4O3/c1-4-23(19-9-7-18(2)8-10-19)27-26(31)21-6-5-15-30(16-21)17-24-28-25(29-33-24)20-11-13-22(32-3)14-12-20/h7-14,21,23H,4-6,15-17H2,1-3H3,(H,27,31). The van der Waals surface area contributed by atoms with Crippen LogP contribution in [-0.2, 0) is 11.3 Å². The van der Waals surface area contributed by atoms with E-state index in [4.69, 9.17) is 9.26 Å². The highest BCUT2D eigenvalue weighted by Gasteiger charge is 2.28. The van der Waals surface area contributed by atoms with E-state index >= 15 is 0 Å². The number of methoxy groups -OCH3 is 1. The van der Waals surface area contributed by atoms with Crippen molar-refractivity contribution in [2.45, 2.75) is 45.7 Å². The number of piperidine rings is 1. The van der Waals surface area contributed by atoms with E-state index < -0.39 is 0 Å². The van der Waals surface area contributed by atoms with Crippen LogP contribution in [0.5, 0.6) is 5.75 Å². The molecule has 2 heterocycles. The van der Waals surface area contributed by atoms with E-state index in [0.29, 0.717) is 24.8 Å². The van der Waals surface area contributed by atoms with Crippen molar-refractivity contribution in [3.05, 3.63) is 65.5 Å². The highest BCUT2D eigenvalue weighted by atomic mass is 16.5. The van der Waals surface area contributed by atoms with E-state index in [1.165, 1.54) is 5.56 Å². The molecule has 1 aliphatic rings. The molecule has 2 aromatic carbocycles. The van der Waals surface area contributed by atoms with Crippen molar-refractivity contribution >= 4 is 5.91 Å². The number of amides is 1. The molecule has 174 valence electrons. The van der Waals surface area contributed by atoms with Crippen LogP contribution in [0.3, 0.4) is 0 Å². The largest absolute Gasteiger partial charge is 0.497 e. The molecule has 0 aliphatic carbocycles. The first-order valence-corrected chi connectivity index (χ1v) is 11.6. The second kappa shape index (κ2) is 10.6. The topological polar surface area (TPSA) is 80.5 Å². The lowest BCUT2D eigenvalue weighted by Gasteiger charge is -2.32. The summed E-state index contributed by atoms with van der Waals surface area (Å²) in [6, 6.07) is 16.0. The van der Waals surface area contributed by atoms with Gasteiger partial charge in [-0.1, -0.05) is 41.9 Å². The van der Waals surface area contributed by atoms with Gasteiger partial charge in [-0.2, -0.15) is 4.98 Å². The normalized spacial score (nSPS) is 17.5. The first-order chi connectivity index (χ1) is 16.1. The predicted octanol–water partition coefficient (Wildman–Crippen LogP) is 4.53. The summed E-state index contributed by atoms with van der Waals surface area (Å²) in [6.45, 7) is 6.33. The molecule has 1 saturated heterocycles. The van der Waals surface area contributed by atoms with E-state index in [2.05, 4.69) is 58.5 Å². The fourth-order valence-electron chi connectivity index (χ4n) is 4.29. The summed E-state index contributed by atoms with van der Waals surface area (Å²) in [5.74, 6) is 1.99. The Kier molecular flexibility index (Phi) is 7.40. The summed E-state index contributed by atoms with van der Waals surface area (Å²) in [4.78, 5) is 19.8. The predicted molar refractivity (Wildman–Crippen MR) is 127 cm³/mol. The lowest BCUT2D eigenvalue weighted by molar-refractivity contribution is -0.127. The van der Waals surface area contributed by atoms with Crippen molar-refractivity contribution in [2.24, 2.45) is 5.92 Å². The number of carbonyl (C=O) groups excluding carboxylic acids is 1. The molecule has 3 aromatic rings. The minimum atomic E-state index is -0.0396. The van der Waals surface area contributed by atoms with Crippen molar-refractivity contribution in [1.82, 2.24) is 20.4 Å². The fraction of sp³-hybridized carbons (Fsp3) is 0.423. The molecule has 1 aromatic heterocycles. The molecular formula is C26H32N4O3. The third-order valence-corrected chi connectivity index (χ3v) is 6.26. The molecule has 1 amide bonds. The van der Waals surface area contributed by atoms with Crippen molar-refractivity contribution in [2.75, 3.05) is 20.2 Å².